The largest absolute Gasteiger partial charge is 0.380 e. The molecule has 3 heterocycles. The van der Waals surface area contributed by atoms with E-state index >= 15 is 0 Å². The van der Waals surface area contributed by atoms with Crippen LogP contribution in [0.2, 0.25) is 0 Å². The summed E-state index contributed by atoms with van der Waals surface area (Å²) >= 11 is 0. The van der Waals surface area contributed by atoms with E-state index in [9.17, 15) is 0 Å². The molecule has 0 spiro atoms. The van der Waals surface area contributed by atoms with Gasteiger partial charge in [-0.1, -0.05) is 0 Å². The number of H-pyrrole nitrogens is 1. The minimum atomic E-state index is 0.449. The van der Waals surface area contributed by atoms with Crippen molar-refractivity contribution in [1.29, 1.82) is 0 Å². The molecule has 0 unspecified atom stereocenters. The first kappa shape index (κ1) is 12.3. The van der Waals surface area contributed by atoms with E-state index in [0.29, 0.717) is 6.04 Å². The van der Waals surface area contributed by atoms with Gasteiger partial charge in [0.05, 0.1) is 18.5 Å². The third-order valence-electron chi connectivity index (χ3n) is 3.41. The van der Waals surface area contributed by atoms with Gasteiger partial charge < -0.3 is 10.1 Å². The summed E-state index contributed by atoms with van der Waals surface area (Å²) in [4.78, 5) is 4.14. The first-order valence-electron chi connectivity index (χ1n) is 6.67. The Labute approximate surface area is 112 Å². The second kappa shape index (κ2) is 5.95. The second-order valence-electron chi connectivity index (χ2n) is 4.81. The van der Waals surface area contributed by atoms with Gasteiger partial charge in [-0.25, -0.2) is 0 Å². The first-order chi connectivity index (χ1) is 9.43. The third-order valence-corrected chi connectivity index (χ3v) is 3.41. The fourth-order valence-corrected chi connectivity index (χ4v) is 2.36. The van der Waals surface area contributed by atoms with Crippen molar-refractivity contribution in [3.8, 4) is 11.3 Å². The molecule has 2 N–H and O–H groups in total. The normalized spacial score (nSPS) is 19.5. The molecule has 0 aromatic carbocycles. The van der Waals surface area contributed by atoms with Crippen LogP contribution in [0.5, 0.6) is 0 Å². The summed E-state index contributed by atoms with van der Waals surface area (Å²) < 4.78 is 5.47. The van der Waals surface area contributed by atoms with E-state index in [0.717, 1.165) is 37.4 Å². The number of nitrogens with zero attached hydrogens (tertiary/aromatic N) is 2. The number of ether oxygens (including phenoxy) is 1. The van der Waals surface area contributed by atoms with Crippen LogP contribution in [0.3, 0.4) is 0 Å². The summed E-state index contributed by atoms with van der Waals surface area (Å²) in [6, 6.07) is 4.42. The minimum absolute atomic E-state index is 0.449. The van der Waals surface area contributed by atoms with E-state index in [-0.39, 0.29) is 0 Å². The van der Waals surface area contributed by atoms with E-state index in [2.05, 4.69) is 20.5 Å². The van der Waals surface area contributed by atoms with Crippen LogP contribution in [0.1, 0.15) is 18.4 Å². The van der Waals surface area contributed by atoms with Crippen LogP contribution >= 0.6 is 0 Å². The number of pyridine rings is 1. The summed E-state index contributed by atoms with van der Waals surface area (Å²) in [7, 11) is 0. The highest BCUT2D eigenvalue weighted by Crippen LogP contribution is 2.20. The van der Waals surface area contributed by atoms with Crippen molar-refractivity contribution in [3.05, 3.63) is 36.3 Å². The Bertz CT molecular complexity index is 505. The fourth-order valence-electron chi connectivity index (χ4n) is 2.36. The molecule has 1 atom stereocenters. The lowest BCUT2D eigenvalue weighted by molar-refractivity contribution is 0.0699. The Kier molecular flexibility index (Phi) is 3.86. The zero-order valence-electron chi connectivity index (χ0n) is 10.8. The predicted octanol–water partition coefficient (Wildman–Crippen LogP) is 1.74. The van der Waals surface area contributed by atoms with Gasteiger partial charge in [-0.05, 0) is 25.0 Å². The molecule has 5 nitrogen and oxygen atoms in total. The van der Waals surface area contributed by atoms with E-state index in [1.54, 1.807) is 6.20 Å². The molecule has 0 aliphatic carbocycles. The first-order valence-corrected chi connectivity index (χ1v) is 6.67. The zero-order chi connectivity index (χ0) is 12.9. The molecule has 2 aromatic rings. The van der Waals surface area contributed by atoms with Gasteiger partial charge in [-0.15, -0.1) is 0 Å². The molecule has 0 saturated carbocycles. The molecule has 3 rings (SSSR count). The molecular weight excluding hydrogens is 240 g/mol. The summed E-state index contributed by atoms with van der Waals surface area (Å²) in [5.74, 6) is 0. The summed E-state index contributed by atoms with van der Waals surface area (Å²) in [6.45, 7) is 2.50. The molecule has 0 bridgehead atoms. The van der Waals surface area contributed by atoms with E-state index < -0.39 is 0 Å². The van der Waals surface area contributed by atoms with Crippen LogP contribution in [0, 0.1) is 0 Å². The molecule has 100 valence electrons. The summed E-state index contributed by atoms with van der Waals surface area (Å²) in [5, 5.41) is 10.7. The van der Waals surface area contributed by atoms with Crippen molar-refractivity contribution in [2.24, 2.45) is 0 Å². The van der Waals surface area contributed by atoms with Gasteiger partial charge in [0.2, 0.25) is 0 Å². The van der Waals surface area contributed by atoms with Crippen LogP contribution in [-0.4, -0.2) is 34.4 Å². The molecule has 2 aromatic heterocycles. The monoisotopic (exact) mass is 258 g/mol. The van der Waals surface area contributed by atoms with E-state index in [4.69, 9.17) is 4.74 Å². The van der Waals surface area contributed by atoms with Crippen molar-refractivity contribution < 1.29 is 4.74 Å². The van der Waals surface area contributed by atoms with E-state index in [1.165, 1.54) is 12.0 Å². The fraction of sp³-hybridized carbons (Fsp3) is 0.429. The maximum absolute atomic E-state index is 5.47. The van der Waals surface area contributed by atoms with Crippen LogP contribution in [0.4, 0.5) is 0 Å². The molecule has 1 aliphatic heterocycles. The molecule has 0 radical (unpaired) electrons. The predicted molar refractivity (Wildman–Crippen MR) is 72.5 cm³/mol. The van der Waals surface area contributed by atoms with Crippen LogP contribution in [0.25, 0.3) is 11.3 Å². The molecular formula is C14H18N4O. The Balaban J connectivity index is 1.67. The summed E-state index contributed by atoms with van der Waals surface area (Å²) in [6.07, 6.45) is 7.81. The molecule has 19 heavy (non-hydrogen) atoms. The standard InChI is InChI=1S/C14H18N4O/c1-3-11(7-15-5-1)14-12(9-17-18-14)8-16-13-4-2-6-19-10-13/h1,3,5,7,9,13,16H,2,4,6,8,10H2,(H,17,18)/t13-/m0/s1. The quantitative estimate of drug-likeness (QED) is 0.877. The number of rotatable bonds is 4. The third kappa shape index (κ3) is 3.00. The Morgan fingerprint density at radius 2 is 2.42 bits per heavy atom. The van der Waals surface area contributed by atoms with Crippen molar-refractivity contribution in [2.75, 3.05) is 13.2 Å². The maximum atomic E-state index is 5.47. The number of hydrogen-bond acceptors (Lipinski definition) is 4. The van der Waals surface area contributed by atoms with Gasteiger partial charge >= 0.3 is 0 Å². The van der Waals surface area contributed by atoms with Gasteiger partial charge in [-0.3, -0.25) is 10.1 Å². The SMILES string of the molecule is c1cncc(-c2[nH]ncc2CN[C@H]2CCCOC2)c1. The molecule has 1 saturated heterocycles. The van der Waals surface area contributed by atoms with Crippen LogP contribution < -0.4 is 5.32 Å². The number of nitrogens with one attached hydrogen (secondary N) is 2. The van der Waals surface area contributed by atoms with Crippen LogP contribution in [-0.2, 0) is 11.3 Å². The highest BCUT2D eigenvalue weighted by atomic mass is 16.5. The molecule has 0 amide bonds. The van der Waals surface area contributed by atoms with Gasteiger partial charge in [0.1, 0.15) is 0 Å². The van der Waals surface area contributed by atoms with Crippen LogP contribution in [0.15, 0.2) is 30.7 Å². The topological polar surface area (TPSA) is 62.8 Å². The lowest BCUT2D eigenvalue weighted by Crippen LogP contribution is -2.36. The van der Waals surface area contributed by atoms with Gasteiger partial charge in [0.25, 0.3) is 0 Å². The average molecular weight is 258 g/mol. The Hall–Kier alpha value is -1.72. The van der Waals surface area contributed by atoms with Gasteiger partial charge in [-0.2, -0.15) is 5.10 Å². The smallest absolute Gasteiger partial charge is 0.0710 e. The lowest BCUT2D eigenvalue weighted by Gasteiger charge is -2.23. The van der Waals surface area contributed by atoms with Crippen molar-refractivity contribution in [3.63, 3.8) is 0 Å². The Morgan fingerprint density at radius 1 is 1.42 bits per heavy atom. The minimum Gasteiger partial charge on any atom is -0.380 e. The number of hydrogen-bond donors (Lipinski definition) is 2. The lowest BCUT2D eigenvalue weighted by atomic mass is 10.1. The van der Waals surface area contributed by atoms with Gasteiger partial charge in [0.15, 0.2) is 0 Å². The summed E-state index contributed by atoms with van der Waals surface area (Å²) in [5.41, 5.74) is 3.27. The zero-order valence-corrected chi connectivity index (χ0v) is 10.8. The van der Waals surface area contributed by atoms with E-state index in [1.807, 2.05) is 24.5 Å². The van der Waals surface area contributed by atoms with Crippen molar-refractivity contribution >= 4 is 0 Å². The number of aromatic amines is 1. The van der Waals surface area contributed by atoms with Crippen molar-refractivity contribution in [2.45, 2.75) is 25.4 Å². The molecule has 1 aliphatic rings. The second-order valence-corrected chi connectivity index (χ2v) is 4.81. The maximum Gasteiger partial charge on any atom is 0.0710 e. The average Bonchev–Trinajstić information content (AvgIpc) is 2.95. The molecule has 1 fully saturated rings. The highest BCUT2D eigenvalue weighted by Gasteiger charge is 2.14. The number of aromatic nitrogens is 3. The highest BCUT2D eigenvalue weighted by molar-refractivity contribution is 5.61. The van der Waals surface area contributed by atoms with Crippen molar-refractivity contribution in [1.82, 2.24) is 20.5 Å². The Morgan fingerprint density at radius 3 is 3.21 bits per heavy atom. The van der Waals surface area contributed by atoms with Gasteiger partial charge in [0, 0.05) is 42.7 Å². The molecule has 5 heteroatoms.